The van der Waals surface area contributed by atoms with Crippen LogP contribution in [0.4, 0.5) is 0 Å². The SMILES string of the molecule is CCCCCCCCCCN1C(=O)C(SCc2ccco2)=C(c2cccs2)C1=O. The third-order valence-electron chi connectivity index (χ3n) is 5.07. The first-order valence-electron chi connectivity index (χ1n) is 10.5. The van der Waals surface area contributed by atoms with E-state index in [4.69, 9.17) is 4.42 Å². The van der Waals surface area contributed by atoms with E-state index in [0.29, 0.717) is 22.8 Å². The van der Waals surface area contributed by atoms with Crippen molar-refractivity contribution in [3.63, 3.8) is 0 Å². The molecular weight excluding hydrogens is 402 g/mol. The van der Waals surface area contributed by atoms with Crippen LogP contribution in [0.15, 0.2) is 45.2 Å². The molecule has 3 rings (SSSR count). The minimum absolute atomic E-state index is 0.151. The maximum atomic E-state index is 13.0. The zero-order chi connectivity index (χ0) is 20.5. The molecule has 2 amide bonds. The van der Waals surface area contributed by atoms with Crippen molar-refractivity contribution in [3.05, 3.63) is 51.5 Å². The summed E-state index contributed by atoms with van der Waals surface area (Å²) in [6.45, 7) is 2.73. The number of imide groups is 1. The van der Waals surface area contributed by atoms with Crippen molar-refractivity contribution in [2.75, 3.05) is 6.54 Å². The van der Waals surface area contributed by atoms with Crippen LogP contribution >= 0.6 is 23.1 Å². The van der Waals surface area contributed by atoms with Crippen molar-refractivity contribution in [3.8, 4) is 0 Å². The largest absolute Gasteiger partial charge is 0.468 e. The van der Waals surface area contributed by atoms with Gasteiger partial charge in [0, 0.05) is 11.4 Å². The molecule has 1 aliphatic rings. The average molecular weight is 432 g/mol. The number of nitrogens with zero attached hydrogens (tertiary/aromatic N) is 1. The van der Waals surface area contributed by atoms with Crippen molar-refractivity contribution in [1.29, 1.82) is 0 Å². The fourth-order valence-corrected chi connectivity index (χ4v) is 5.33. The monoisotopic (exact) mass is 431 g/mol. The molecular formula is C23H29NO3S2. The summed E-state index contributed by atoms with van der Waals surface area (Å²) in [4.78, 5) is 28.9. The molecule has 6 heteroatoms. The first kappa shape index (κ1) is 21.9. The highest BCUT2D eigenvalue weighted by Crippen LogP contribution is 2.39. The summed E-state index contributed by atoms with van der Waals surface area (Å²) in [5.74, 6) is 1.04. The number of unbranched alkanes of at least 4 members (excludes halogenated alkanes) is 7. The smallest absolute Gasteiger partial charge is 0.268 e. The summed E-state index contributed by atoms with van der Waals surface area (Å²) in [6.07, 6.45) is 11.1. The summed E-state index contributed by atoms with van der Waals surface area (Å²) >= 11 is 2.90. The molecule has 0 aliphatic carbocycles. The van der Waals surface area contributed by atoms with Crippen LogP contribution in [-0.4, -0.2) is 23.3 Å². The molecule has 0 bridgehead atoms. The Hall–Kier alpha value is -1.79. The van der Waals surface area contributed by atoms with Crippen molar-refractivity contribution in [2.24, 2.45) is 0 Å². The van der Waals surface area contributed by atoms with Gasteiger partial charge in [0.1, 0.15) is 5.76 Å². The molecule has 0 N–H and O–H groups in total. The summed E-state index contributed by atoms with van der Waals surface area (Å²) in [5.41, 5.74) is 0.557. The van der Waals surface area contributed by atoms with Gasteiger partial charge in [-0.1, -0.05) is 57.9 Å². The number of hydrogen-bond donors (Lipinski definition) is 0. The van der Waals surface area contributed by atoms with Gasteiger partial charge in [0.15, 0.2) is 0 Å². The highest BCUT2D eigenvalue weighted by Gasteiger charge is 2.39. The van der Waals surface area contributed by atoms with E-state index in [0.717, 1.165) is 23.5 Å². The zero-order valence-electron chi connectivity index (χ0n) is 17.0. The van der Waals surface area contributed by atoms with Crippen LogP contribution in [0, 0.1) is 0 Å². The lowest BCUT2D eigenvalue weighted by Gasteiger charge is -2.14. The molecule has 0 atom stereocenters. The first-order valence-corrected chi connectivity index (χ1v) is 12.4. The number of carbonyl (C=O) groups excluding carboxylic acids is 2. The van der Waals surface area contributed by atoms with E-state index in [9.17, 15) is 9.59 Å². The highest BCUT2D eigenvalue weighted by molar-refractivity contribution is 8.03. The minimum Gasteiger partial charge on any atom is -0.468 e. The molecule has 0 saturated carbocycles. The second kappa shape index (κ2) is 11.4. The van der Waals surface area contributed by atoms with Gasteiger partial charge in [-0.15, -0.1) is 23.1 Å². The van der Waals surface area contributed by atoms with Crippen LogP contribution in [0.1, 0.15) is 68.9 Å². The number of furan rings is 1. The summed E-state index contributed by atoms with van der Waals surface area (Å²) in [7, 11) is 0. The molecule has 1 aliphatic heterocycles. The van der Waals surface area contributed by atoms with Gasteiger partial charge >= 0.3 is 0 Å². The summed E-state index contributed by atoms with van der Waals surface area (Å²) < 4.78 is 5.38. The van der Waals surface area contributed by atoms with E-state index in [1.807, 2.05) is 29.6 Å². The Balaban J connectivity index is 1.57. The predicted octanol–water partition coefficient (Wildman–Crippen LogP) is 6.50. The quantitative estimate of drug-likeness (QED) is 0.268. The van der Waals surface area contributed by atoms with Gasteiger partial charge in [-0.3, -0.25) is 14.5 Å². The molecule has 156 valence electrons. The predicted molar refractivity (Wildman–Crippen MR) is 121 cm³/mol. The van der Waals surface area contributed by atoms with E-state index >= 15 is 0 Å². The number of thioether (sulfide) groups is 1. The Morgan fingerprint density at radius 3 is 2.38 bits per heavy atom. The number of carbonyl (C=O) groups is 2. The maximum absolute atomic E-state index is 13.0. The van der Waals surface area contributed by atoms with Crippen LogP contribution in [0.3, 0.4) is 0 Å². The molecule has 0 fully saturated rings. The van der Waals surface area contributed by atoms with Crippen molar-refractivity contribution >= 4 is 40.5 Å². The summed E-state index contributed by atoms with van der Waals surface area (Å²) in [6, 6.07) is 7.55. The third kappa shape index (κ3) is 5.86. The highest BCUT2D eigenvalue weighted by atomic mass is 32.2. The lowest BCUT2D eigenvalue weighted by atomic mass is 10.1. The number of amides is 2. The zero-order valence-corrected chi connectivity index (χ0v) is 18.7. The van der Waals surface area contributed by atoms with Gasteiger partial charge in [-0.25, -0.2) is 0 Å². The Morgan fingerprint density at radius 2 is 1.72 bits per heavy atom. The Kier molecular flexibility index (Phi) is 8.62. The Bertz CT molecular complexity index is 809. The second-order valence-electron chi connectivity index (χ2n) is 7.29. The fourth-order valence-electron chi connectivity index (χ4n) is 3.47. The van der Waals surface area contributed by atoms with Crippen LogP contribution in [0.2, 0.25) is 0 Å². The van der Waals surface area contributed by atoms with E-state index in [1.165, 1.54) is 66.5 Å². The normalized spacial score (nSPS) is 14.4. The topological polar surface area (TPSA) is 50.5 Å². The van der Waals surface area contributed by atoms with E-state index in [-0.39, 0.29) is 11.8 Å². The van der Waals surface area contributed by atoms with Gasteiger partial charge in [0.25, 0.3) is 11.8 Å². The molecule has 0 unspecified atom stereocenters. The molecule has 0 radical (unpaired) electrons. The molecule has 0 aromatic carbocycles. The standard InChI is InChI=1S/C23H29NO3S2/c1-2-3-4-5-6-7-8-9-14-24-22(25)20(19-13-11-16-28-19)21(23(24)26)29-17-18-12-10-15-27-18/h10-13,15-16H,2-9,14,17H2,1H3. The van der Waals surface area contributed by atoms with Crippen LogP contribution in [-0.2, 0) is 15.3 Å². The lowest BCUT2D eigenvalue weighted by Crippen LogP contribution is -2.32. The van der Waals surface area contributed by atoms with Gasteiger partial charge < -0.3 is 4.42 Å². The van der Waals surface area contributed by atoms with Gasteiger partial charge in [-0.05, 0) is 30.0 Å². The number of hydrogen-bond acceptors (Lipinski definition) is 5. The molecule has 2 aromatic rings. The lowest BCUT2D eigenvalue weighted by molar-refractivity contribution is -0.136. The maximum Gasteiger partial charge on any atom is 0.268 e. The van der Waals surface area contributed by atoms with E-state index in [1.54, 1.807) is 6.26 Å². The van der Waals surface area contributed by atoms with Crippen LogP contribution in [0.25, 0.3) is 5.57 Å². The Morgan fingerprint density at radius 1 is 0.966 bits per heavy atom. The summed E-state index contributed by atoms with van der Waals surface area (Å²) in [5, 5.41) is 1.94. The molecule has 4 nitrogen and oxygen atoms in total. The first-order chi connectivity index (χ1) is 14.2. The molecule has 0 saturated heterocycles. The number of rotatable bonds is 13. The third-order valence-corrected chi connectivity index (χ3v) is 7.05. The Labute approximate surface area is 181 Å². The fraction of sp³-hybridized carbons (Fsp3) is 0.478. The minimum atomic E-state index is -0.155. The van der Waals surface area contributed by atoms with Gasteiger partial charge in [-0.2, -0.15) is 0 Å². The van der Waals surface area contributed by atoms with Crippen molar-refractivity contribution in [2.45, 2.75) is 64.0 Å². The van der Waals surface area contributed by atoms with Gasteiger partial charge in [0.2, 0.25) is 0 Å². The molecule has 0 spiro atoms. The molecule has 2 aromatic heterocycles. The second-order valence-corrected chi connectivity index (χ2v) is 9.22. The van der Waals surface area contributed by atoms with Crippen LogP contribution < -0.4 is 0 Å². The molecule has 29 heavy (non-hydrogen) atoms. The molecule has 3 heterocycles. The van der Waals surface area contributed by atoms with Crippen LogP contribution in [0.5, 0.6) is 0 Å². The van der Waals surface area contributed by atoms with E-state index in [2.05, 4.69) is 6.92 Å². The average Bonchev–Trinajstić information content (AvgIpc) is 3.46. The van der Waals surface area contributed by atoms with E-state index < -0.39 is 0 Å². The number of thiophene rings is 1. The van der Waals surface area contributed by atoms with Crippen molar-refractivity contribution in [1.82, 2.24) is 4.90 Å². The van der Waals surface area contributed by atoms with Crippen molar-refractivity contribution < 1.29 is 14.0 Å². The van der Waals surface area contributed by atoms with Gasteiger partial charge in [0.05, 0.1) is 22.5 Å².